The third-order valence-electron chi connectivity index (χ3n) is 4.76. The van der Waals surface area contributed by atoms with Crippen molar-refractivity contribution in [2.24, 2.45) is 0 Å². The Hall–Kier alpha value is -1.00. The van der Waals surface area contributed by atoms with Crippen LogP contribution >= 0.6 is 0 Å². The molecule has 1 aromatic heterocycles. The maximum atomic E-state index is 5.99. The molecule has 1 N–H and O–H groups in total. The minimum absolute atomic E-state index is 0.281. The Kier molecular flexibility index (Phi) is 4.55. The van der Waals surface area contributed by atoms with Crippen molar-refractivity contribution in [3.63, 3.8) is 0 Å². The van der Waals surface area contributed by atoms with E-state index >= 15 is 0 Å². The van der Waals surface area contributed by atoms with E-state index in [0.29, 0.717) is 6.04 Å². The molecule has 1 aliphatic carbocycles. The van der Waals surface area contributed by atoms with Gasteiger partial charge in [-0.2, -0.15) is 0 Å². The SMILES string of the molecule is CCCNC1CCCc2nc(C3(C)CCCCO3)ncc21. The Labute approximate surface area is 127 Å². The van der Waals surface area contributed by atoms with Gasteiger partial charge in [-0.3, -0.25) is 0 Å². The summed E-state index contributed by atoms with van der Waals surface area (Å²) in [4.78, 5) is 9.56. The summed E-state index contributed by atoms with van der Waals surface area (Å²) in [5.74, 6) is 0.886. The molecule has 0 spiro atoms. The quantitative estimate of drug-likeness (QED) is 0.924. The smallest absolute Gasteiger partial charge is 0.160 e. The largest absolute Gasteiger partial charge is 0.367 e. The second-order valence-electron chi connectivity index (χ2n) is 6.53. The lowest BCUT2D eigenvalue weighted by Crippen LogP contribution is -2.34. The van der Waals surface area contributed by atoms with Crippen LogP contribution in [0.1, 0.15) is 75.5 Å². The predicted molar refractivity (Wildman–Crippen MR) is 83.2 cm³/mol. The van der Waals surface area contributed by atoms with Gasteiger partial charge in [-0.1, -0.05) is 6.92 Å². The number of hydrogen-bond donors (Lipinski definition) is 1. The molecule has 1 saturated heterocycles. The van der Waals surface area contributed by atoms with Crippen molar-refractivity contribution in [3.05, 3.63) is 23.3 Å². The first-order chi connectivity index (χ1) is 10.2. The summed E-state index contributed by atoms with van der Waals surface area (Å²) in [6, 6.07) is 0.433. The third-order valence-corrected chi connectivity index (χ3v) is 4.76. The molecule has 2 unspecified atom stereocenters. The van der Waals surface area contributed by atoms with Crippen molar-refractivity contribution >= 4 is 0 Å². The average Bonchev–Trinajstić information content (AvgIpc) is 2.53. The lowest BCUT2D eigenvalue weighted by atomic mass is 9.90. The maximum absolute atomic E-state index is 5.99. The van der Waals surface area contributed by atoms with Crippen molar-refractivity contribution in [1.82, 2.24) is 15.3 Å². The summed E-state index contributed by atoms with van der Waals surface area (Å²) in [7, 11) is 0. The van der Waals surface area contributed by atoms with E-state index in [1.807, 2.05) is 6.20 Å². The number of nitrogens with one attached hydrogen (secondary N) is 1. The number of nitrogens with zero attached hydrogens (tertiary/aromatic N) is 2. The average molecular weight is 289 g/mol. The molecule has 1 aliphatic heterocycles. The Bertz CT molecular complexity index is 483. The van der Waals surface area contributed by atoms with Gasteiger partial charge in [-0.15, -0.1) is 0 Å². The molecule has 4 heteroatoms. The first kappa shape index (κ1) is 14.9. The molecule has 3 rings (SSSR count). The molecule has 116 valence electrons. The first-order valence-electron chi connectivity index (χ1n) is 8.46. The highest BCUT2D eigenvalue weighted by molar-refractivity contribution is 5.25. The number of aromatic nitrogens is 2. The van der Waals surface area contributed by atoms with Gasteiger partial charge in [-0.25, -0.2) is 9.97 Å². The van der Waals surface area contributed by atoms with Gasteiger partial charge < -0.3 is 10.1 Å². The number of fused-ring (bicyclic) bond motifs is 1. The first-order valence-corrected chi connectivity index (χ1v) is 8.46. The minimum atomic E-state index is -0.281. The number of ether oxygens (including phenoxy) is 1. The summed E-state index contributed by atoms with van der Waals surface area (Å²) in [6.45, 7) is 6.24. The fourth-order valence-corrected chi connectivity index (χ4v) is 3.44. The Morgan fingerprint density at radius 3 is 3.05 bits per heavy atom. The van der Waals surface area contributed by atoms with E-state index in [9.17, 15) is 0 Å². The summed E-state index contributed by atoms with van der Waals surface area (Å²) < 4.78 is 5.99. The van der Waals surface area contributed by atoms with Gasteiger partial charge in [0.25, 0.3) is 0 Å². The second kappa shape index (κ2) is 6.41. The van der Waals surface area contributed by atoms with Crippen molar-refractivity contribution in [2.45, 2.75) is 70.4 Å². The Balaban J connectivity index is 1.83. The van der Waals surface area contributed by atoms with Gasteiger partial charge in [0.2, 0.25) is 0 Å². The van der Waals surface area contributed by atoms with Crippen LogP contribution in [0.2, 0.25) is 0 Å². The predicted octanol–water partition coefficient (Wildman–Crippen LogP) is 3.27. The van der Waals surface area contributed by atoms with Crippen LogP contribution in [0.3, 0.4) is 0 Å². The van der Waals surface area contributed by atoms with Crippen molar-refractivity contribution in [1.29, 1.82) is 0 Å². The molecular formula is C17H27N3O. The number of aryl methyl sites for hydroxylation is 1. The van der Waals surface area contributed by atoms with Crippen molar-refractivity contribution in [3.8, 4) is 0 Å². The van der Waals surface area contributed by atoms with Gasteiger partial charge in [0.1, 0.15) is 5.60 Å². The topological polar surface area (TPSA) is 47.0 Å². The highest BCUT2D eigenvalue weighted by Crippen LogP contribution is 2.35. The van der Waals surface area contributed by atoms with E-state index in [-0.39, 0.29) is 5.60 Å². The fourth-order valence-electron chi connectivity index (χ4n) is 3.44. The molecular weight excluding hydrogens is 262 g/mol. The van der Waals surface area contributed by atoms with Crippen LogP contribution in [-0.2, 0) is 16.8 Å². The molecule has 1 aromatic rings. The molecule has 2 aliphatic rings. The van der Waals surface area contributed by atoms with Crippen LogP contribution in [0.15, 0.2) is 6.20 Å². The van der Waals surface area contributed by atoms with E-state index < -0.39 is 0 Å². The molecule has 0 amide bonds. The standard InChI is InChI=1S/C17H27N3O/c1-3-10-18-14-7-6-8-15-13(14)12-19-16(20-15)17(2)9-4-5-11-21-17/h12,14,18H,3-11H2,1-2H3. The molecule has 4 nitrogen and oxygen atoms in total. The Morgan fingerprint density at radius 2 is 2.29 bits per heavy atom. The summed E-state index contributed by atoms with van der Waals surface area (Å²) in [5, 5.41) is 3.62. The maximum Gasteiger partial charge on any atom is 0.160 e. The summed E-state index contributed by atoms with van der Waals surface area (Å²) in [5.41, 5.74) is 2.25. The lowest BCUT2D eigenvalue weighted by Gasteiger charge is -2.33. The molecule has 0 radical (unpaired) electrons. The van der Waals surface area contributed by atoms with Crippen LogP contribution in [0, 0.1) is 0 Å². The normalized spacial score (nSPS) is 29.1. The molecule has 0 aromatic carbocycles. The monoisotopic (exact) mass is 289 g/mol. The van der Waals surface area contributed by atoms with Crippen molar-refractivity contribution in [2.75, 3.05) is 13.2 Å². The van der Waals surface area contributed by atoms with E-state index in [1.165, 1.54) is 30.5 Å². The zero-order chi connectivity index (χ0) is 14.7. The Morgan fingerprint density at radius 1 is 1.38 bits per heavy atom. The van der Waals surface area contributed by atoms with Gasteiger partial charge in [-0.05, 0) is 58.4 Å². The highest BCUT2D eigenvalue weighted by Gasteiger charge is 2.34. The van der Waals surface area contributed by atoms with Gasteiger partial charge in [0.05, 0.1) is 0 Å². The third kappa shape index (κ3) is 3.11. The van der Waals surface area contributed by atoms with E-state index in [2.05, 4.69) is 24.1 Å². The fraction of sp³-hybridized carbons (Fsp3) is 0.765. The second-order valence-corrected chi connectivity index (χ2v) is 6.53. The van der Waals surface area contributed by atoms with Crippen LogP contribution in [0.5, 0.6) is 0 Å². The molecule has 2 atom stereocenters. The van der Waals surface area contributed by atoms with Crippen molar-refractivity contribution < 1.29 is 4.74 Å². The van der Waals surface area contributed by atoms with E-state index in [4.69, 9.17) is 9.72 Å². The van der Waals surface area contributed by atoms with Crippen LogP contribution in [-0.4, -0.2) is 23.1 Å². The van der Waals surface area contributed by atoms with E-state index in [1.54, 1.807) is 0 Å². The lowest BCUT2D eigenvalue weighted by molar-refractivity contribution is -0.0762. The number of rotatable bonds is 4. The summed E-state index contributed by atoms with van der Waals surface area (Å²) >= 11 is 0. The molecule has 0 bridgehead atoms. The summed E-state index contributed by atoms with van der Waals surface area (Å²) in [6.07, 6.45) is 10.1. The van der Waals surface area contributed by atoms with E-state index in [0.717, 1.165) is 44.7 Å². The zero-order valence-corrected chi connectivity index (χ0v) is 13.3. The van der Waals surface area contributed by atoms with Crippen LogP contribution in [0.25, 0.3) is 0 Å². The molecule has 21 heavy (non-hydrogen) atoms. The molecule has 2 heterocycles. The minimum Gasteiger partial charge on any atom is -0.367 e. The van der Waals surface area contributed by atoms with Gasteiger partial charge in [0.15, 0.2) is 5.82 Å². The zero-order valence-electron chi connectivity index (χ0n) is 13.3. The van der Waals surface area contributed by atoms with Crippen LogP contribution < -0.4 is 5.32 Å². The molecule has 1 fully saturated rings. The number of hydrogen-bond acceptors (Lipinski definition) is 4. The molecule has 0 saturated carbocycles. The van der Waals surface area contributed by atoms with Gasteiger partial charge in [0, 0.05) is 30.1 Å². The highest BCUT2D eigenvalue weighted by atomic mass is 16.5. The van der Waals surface area contributed by atoms with Crippen LogP contribution in [0.4, 0.5) is 0 Å². The van der Waals surface area contributed by atoms with Gasteiger partial charge >= 0.3 is 0 Å².